The Morgan fingerprint density at radius 1 is 1.33 bits per heavy atom. The summed E-state index contributed by atoms with van der Waals surface area (Å²) >= 11 is 0. The van der Waals surface area contributed by atoms with E-state index in [0.29, 0.717) is 0 Å². The van der Waals surface area contributed by atoms with Crippen LogP contribution in [0.5, 0.6) is 0 Å². The summed E-state index contributed by atoms with van der Waals surface area (Å²) in [5.74, 6) is 0.143. The Morgan fingerprint density at radius 2 is 2.00 bits per heavy atom. The Bertz CT molecular complexity index is 269. The van der Waals surface area contributed by atoms with Crippen LogP contribution in [-0.4, -0.2) is 29.7 Å². The first-order valence-electron chi connectivity index (χ1n) is 5.88. The van der Waals surface area contributed by atoms with Gasteiger partial charge in [0.1, 0.15) is 0 Å². The Hall–Kier alpha value is -0.860. The topological polar surface area (TPSA) is 37.4 Å². The number of hydrogen-bond donors (Lipinski definition) is 0. The standard InChI is InChI=1S/C12H19NO2/c1-10(15)11-7-12(8-13(11)9-14)5-3-2-4-6-12/h9,11H,2-8H2,1H3/t11-/m0/s1. The van der Waals surface area contributed by atoms with Gasteiger partial charge in [0.05, 0.1) is 6.04 Å². The van der Waals surface area contributed by atoms with Crippen LogP contribution in [0.3, 0.4) is 0 Å². The fourth-order valence-electron chi connectivity index (χ4n) is 3.24. The number of rotatable bonds is 2. The predicted molar refractivity (Wildman–Crippen MR) is 57.4 cm³/mol. The first-order chi connectivity index (χ1) is 7.17. The van der Waals surface area contributed by atoms with Crippen LogP contribution in [0.4, 0.5) is 0 Å². The van der Waals surface area contributed by atoms with Crippen molar-refractivity contribution in [1.82, 2.24) is 4.90 Å². The third-order valence-electron chi connectivity index (χ3n) is 4.06. The molecule has 84 valence electrons. The molecule has 1 spiro atoms. The number of carbonyl (C=O) groups is 2. The zero-order valence-electron chi connectivity index (χ0n) is 9.37. The maximum atomic E-state index is 11.4. The van der Waals surface area contributed by atoms with Gasteiger partial charge in [-0.2, -0.15) is 0 Å². The van der Waals surface area contributed by atoms with Crippen molar-refractivity contribution in [1.29, 1.82) is 0 Å². The fourth-order valence-corrected chi connectivity index (χ4v) is 3.24. The second kappa shape index (κ2) is 3.95. The second-order valence-electron chi connectivity index (χ2n) is 5.17. The molecule has 1 atom stereocenters. The quantitative estimate of drug-likeness (QED) is 0.650. The van der Waals surface area contributed by atoms with E-state index in [0.717, 1.165) is 19.4 Å². The van der Waals surface area contributed by atoms with Crippen molar-refractivity contribution in [2.45, 2.75) is 51.5 Å². The molecule has 3 nitrogen and oxygen atoms in total. The van der Waals surface area contributed by atoms with Crippen molar-refractivity contribution in [2.24, 2.45) is 5.41 Å². The first kappa shape index (κ1) is 10.7. The van der Waals surface area contributed by atoms with Crippen LogP contribution in [0, 0.1) is 5.41 Å². The fraction of sp³-hybridized carbons (Fsp3) is 0.833. The van der Waals surface area contributed by atoms with Crippen LogP contribution in [0.1, 0.15) is 45.4 Å². The van der Waals surface area contributed by atoms with E-state index >= 15 is 0 Å². The van der Waals surface area contributed by atoms with Crippen molar-refractivity contribution in [2.75, 3.05) is 6.54 Å². The van der Waals surface area contributed by atoms with Crippen LogP contribution in [0.2, 0.25) is 0 Å². The van der Waals surface area contributed by atoms with Crippen molar-refractivity contribution < 1.29 is 9.59 Å². The molecule has 0 aromatic carbocycles. The Balaban J connectivity index is 2.12. The summed E-state index contributed by atoms with van der Waals surface area (Å²) in [5.41, 5.74) is 0.273. The molecule has 0 aromatic heterocycles. The molecule has 1 saturated carbocycles. The van der Waals surface area contributed by atoms with E-state index in [1.807, 2.05) is 0 Å². The van der Waals surface area contributed by atoms with E-state index in [2.05, 4.69) is 0 Å². The predicted octanol–water partition coefficient (Wildman–Crippen LogP) is 1.76. The molecule has 1 heterocycles. The summed E-state index contributed by atoms with van der Waals surface area (Å²) in [6.45, 7) is 2.41. The van der Waals surface area contributed by atoms with E-state index in [4.69, 9.17) is 0 Å². The highest BCUT2D eigenvalue weighted by Crippen LogP contribution is 2.45. The highest BCUT2D eigenvalue weighted by atomic mass is 16.1. The van der Waals surface area contributed by atoms with Crippen LogP contribution in [-0.2, 0) is 9.59 Å². The number of nitrogens with zero attached hydrogens (tertiary/aromatic N) is 1. The van der Waals surface area contributed by atoms with E-state index in [1.165, 1.54) is 32.1 Å². The Morgan fingerprint density at radius 3 is 2.47 bits per heavy atom. The Labute approximate surface area is 90.8 Å². The first-order valence-corrected chi connectivity index (χ1v) is 5.88. The molecule has 1 amide bonds. The summed E-state index contributed by atoms with van der Waals surface area (Å²) in [7, 11) is 0. The van der Waals surface area contributed by atoms with Gasteiger partial charge >= 0.3 is 0 Å². The minimum atomic E-state index is -0.138. The van der Waals surface area contributed by atoms with Gasteiger partial charge in [0.25, 0.3) is 0 Å². The molecule has 1 saturated heterocycles. The van der Waals surface area contributed by atoms with Gasteiger partial charge in [0.15, 0.2) is 5.78 Å². The van der Waals surface area contributed by atoms with E-state index < -0.39 is 0 Å². The number of carbonyl (C=O) groups excluding carboxylic acids is 2. The highest BCUT2D eigenvalue weighted by molar-refractivity contribution is 5.84. The molecule has 2 aliphatic rings. The van der Waals surface area contributed by atoms with Crippen LogP contribution >= 0.6 is 0 Å². The smallest absolute Gasteiger partial charge is 0.210 e. The summed E-state index contributed by atoms with van der Waals surface area (Å²) in [4.78, 5) is 24.1. The lowest BCUT2D eigenvalue weighted by Gasteiger charge is -2.32. The number of ketones is 1. The largest absolute Gasteiger partial charge is 0.335 e. The molecular formula is C12H19NO2. The molecule has 3 heteroatoms. The third kappa shape index (κ3) is 1.92. The van der Waals surface area contributed by atoms with Crippen molar-refractivity contribution in [3.8, 4) is 0 Å². The van der Waals surface area contributed by atoms with Crippen molar-refractivity contribution >= 4 is 12.2 Å². The van der Waals surface area contributed by atoms with Gasteiger partial charge in [0.2, 0.25) is 6.41 Å². The van der Waals surface area contributed by atoms with E-state index in [1.54, 1.807) is 11.8 Å². The molecular weight excluding hydrogens is 190 g/mol. The van der Waals surface area contributed by atoms with Gasteiger partial charge in [-0.05, 0) is 31.6 Å². The van der Waals surface area contributed by atoms with Crippen LogP contribution in [0.15, 0.2) is 0 Å². The lowest BCUT2D eigenvalue weighted by Crippen LogP contribution is -2.33. The van der Waals surface area contributed by atoms with Gasteiger partial charge in [-0.1, -0.05) is 19.3 Å². The molecule has 2 rings (SSSR count). The van der Waals surface area contributed by atoms with Crippen molar-refractivity contribution in [3.63, 3.8) is 0 Å². The maximum absolute atomic E-state index is 11.4. The number of likely N-dealkylation sites (tertiary alicyclic amines) is 1. The Kier molecular flexibility index (Phi) is 2.81. The summed E-state index contributed by atoms with van der Waals surface area (Å²) in [6, 6.07) is -0.138. The van der Waals surface area contributed by atoms with Gasteiger partial charge < -0.3 is 4.90 Å². The molecule has 1 aliphatic carbocycles. The minimum Gasteiger partial charge on any atom is -0.335 e. The molecule has 0 aromatic rings. The van der Waals surface area contributed by atoms with E-state index in [9.17, 15) is 9.59 Å². The average Bonchev–Trinajstić information content (AvgIpc) is 2.58. The highest BCUT2D eigenvalue weighted by Gasteiger charge is 2.45. The summed E-state index contributed by atoms with van der Waals surface area (Å²) in [6.07, 6.45) is 7.99. The molecule has 0 unspecified atom stereocenters. The lowest BCUT2D eigenvalue weighted by atomic mass is 9.72. The van der Waals surface area contributed by atoms with E-state index in [-0.39, 0.29) is 17.2 Å². The van der Waals surface area contributed by atoms with Gasteiger partial charge in [-0.3, -0.25) is 9.59 Å². The molecule has 2 fully saturated rings. The molecule has 0 radical (unpaired) electrons. The normalized spacial score (nSPS) is 29.4. The SMILES string of the molecule is CC(=O)[C@@H]1CC2(CCCCC2)CN1C=O. The zero-order chi connectivity index (χ0) is 10.9. The zero-order valence-corrected chi connectivity index (χ0v) is 9.37. The lowest BCUT2D eigenvalue weighted by molar-refractivity contribution is -0.128. The molecule has 1 aliphatic heterocycles. The number of Topliss-reactive ketones (excluding diaryl/α,β-unsaturated/α-hetero) is 1. The summed E-state index contributed by atoms with van der Waals surface area (Å²) < 4.78 is 0. The molecule has 15 heavy (non-hydrogen) atoms. The van der Waals surface area contributed by atoms with Crippen molar-refractivity contribution in [3.05, 3.63) is 0 Å². The maximum Gasteiger partial charge on any atom is 0.210 e. The van der Waals surface area contributed by atoms with Crippen LogP contribution < -0.4 is 0 Å². The molecule has 0 bridgehead atoms. The average molecular weight is 209 g/mol. The summed E-state index contributed by atoms with van der Waals surface area (Å²) in [5, 5.41) is 0. The second-order valence-corrected chi connectivity index (χ2v) is 5.17. The third-order valence-corrected chi connectivity index (χ3v) is 4.06. The number of hydrogen-bond acceptors (Lipinski definition) is 2. The number of amides is 1. The van der Waals surface area contributed by atoms with Gasteiger partial charge in [-0.25, -0.2) is 0 Å². The monoisotopic (exact) mass is 209 g/mol. The minimum absolute atomic E-state index is 0.138. The van der Waals surface area contributed by atoms with Crippen LogP contribution in [0.25, 0.3) is 0 Å². The van der Waals surface area contributed by atoms with Gasteiger partial charge in [-0.15, -0.1) is 0 Å². The van der Waals surface area contributed by atoms with Gasteiger partial charge in [0, 0.05) is 6.54 Å². The molecule has 0 N–H and O–H groups in total.